The highest BCUT2D eigenvalue weighted by atomic mass is 31.2. The molecule has 1 unspecified atom stereocenters. The molecule has 0 aromatic rings. The third kappa shape index (κ3) is 48.1. The number of esters is 2. The molecule has 0 saturated heterocycles. The van der Waals surface area contributed by atoms with Crippen LogP contribution in [-0.2, 0) is 32.7 Å². The van der Waals surface area contributed by atoms with Crippen LogP contribution in [0.15, 0.2) is 12.2 Å². The molecule has 0 radical (unpaired) electrons. The van der Waals surface area contributed by atoms with Crippen molar-refractivity contribution < 1.29 is 37.6 Å². The average molecular weight is 886 g/mol. The minimum atomic E-state index is -4.38. The third-order valence-corrected chi connectivity index (χ3v) is 12.6. The van der Waals surface area contributed by atoms with Crippen LogP contribution in [-0.4, -0.2) is 49.3 Å². The number of nitrogens with two attached hydrogens (primary N) is 1. The van der Waals surface area contributed by atoms with Gasteiger partial charge in [0, 0.05) is 19.4 Å². The number of phosphoric ester groups is 1. The summed E-state index contributed by atoms with van der Waals surface area (Å²) in [7, 11) is -4.38. The van der Waals surface area contributed by atoms with Gasteiger partial charge in [-0.1, -0.05) is 231 Å². The van der Waals surface area contributed by atoms with Crippen molar-refractivity contribution in [3.8, 4) is 0 Å². The molecule has 10 heteroatoms. The molecule has 0 rings (SSSR count). The average Bonchev–Trinajstić information content (AvgIpc) is 3.25. The molecule has 0 amide bonds. The van der Waals surface area contributed by atoms with Gasteiger partial charge in [0.15, 0.2) is 6.10 Å². The molecule has 362 valence electrons. The molecule has 61 heavy (non-hydrogen) atoms. The van der Waals surface area contributed by atoms with Crippen molar-refractivity contribution in [3.63, 3.8) is 0 Å². The normalized spacial score (nSPS) is 13.2. The lowest BCUT2D eigenvalue weighted by Gasteiger charge is -2.19. The second-order valence-corrected chi connectivity index (χ2v) is 19.2. The molecular weight excluding hydrogens is 786 g/mol. The minimum Gasteiger partial charge on any atom is -0.462 e. The number of allylic oxidation sites excluding steroid dienone is 2. The van der Waals surface area contributed by atoms with Crippen molar-refractivity contribution in [1.82, 2.24) is 0 Å². The highest BCUT2D eigenvalue weighted by Crippen LogP contribution is 2.43. The molecule has 0 bridgehead atoms. The van der Waals surface area contributed by atoms with Gasteiger partial charge in [-0.2, -0.15) is 0 Å². The second kappa shape index (κ2) is 48.2. The summed E-state index contributed by atoms with van der Waals surface area (Å²) < 4.78 is 32.9. The first-order chi connectivity index (χ1) is 29.8. The maximum absolute atomic E-state index is 12.7. The first-order valence-corrected chi connectivity index (χ1v) is 27.7. The van der Waals surface area contributed by atoms with Gasteiger partial charge in [0.05, 0.1) is 13.2 Å². The largest absolute Gasteiger partial charge is 0.472 e. The van der Waals surface area contributed by atoms with E-state index in [9.17, 15) is 19.0 Å². The molecule has 0 spiro atoms. The van der Waals surface area contributed by atoms with Crippen molar-refractivity contribution in [2.24, 2.45) is 5.73 Å². The molecule has 3 N–H and O–H groups in total. The van der Waals surface area contributed by atoms with E-state index in [-0.39, 0.29) is 38.6 Å². The molecule has 0 saturated carbocycles. The summed E-state index contributed by atoms with van der Waals surface area (Å²) in [6, 6.07) is 0. The van der Waals surface area contributed by atoms with Crippen LogP contribution in [0.4, 0.5) is 0 Å². The maximum atomic E-state index is 12.7. The topological polar surface area (TPSA) is 134 Å². The lowest BCUT2D eigenvalue weighted by Crippen LogP contribution is -2.29. The van der Waals surface area contributed by atoms with Crippen LogP contribution in [0.1, 0.15) is 271 Å². The standard InChI is InChI=1S/C51H100NO8P/c1-3-5-7-9-11-13-15-17-19-21-22-23-24-25-26-28-30-32-34-36-38-40-42-44-51(54)60-49(48-59-61(55,56)58-46-45-52)47-57-50(53)43-41-39-37-35-33-31-29-27-20-18-16-14-12-10-8-6-4-2/h14,16,49H,3-13,15,17-48,52H2,1-2H3,(H,55,56)/b16-14+/t49-/m1/s1. The van der Waals surface area contributed by atoms with Gasteiger partial charge in [0.1, 0.15) is 6.61 Å². The zero-order valence-electron chi connectivity index (χ0n) is 40.2. The molecule has 0 aromatic carbocycles. The zero-order chi connectivity index (χ0) is 44.6. The van der Waals surface area contributed by atoms with E-state index in [2.05, 4.69) is 26.0 Å². The summed E-state index contributed by atoms with van der Waals surface area (Å²) in [4.78, 5) is 35.1. The molecule has 9 nitrogen and oxygen atoms in total. The SMILES string of the molecule is CCCCCC/C=C/CCCCCCCCCCCC(=O)OC[C@H](COP(=O)(O)OCCN)OC(=O)CCCCCCCCCCCCCCCCCCCCCCCCC. The fourth-order valence-electron chi connectivity index (χ4n) is 7.75. The number of unbranched alkanes of at least 4 members (excludes halogenated alkanes) is 35. The maximum Gasteiger partial charge on any atom is 0.472 e. The number of hydrogen-bond acceptors (Lipinski definition) is 8. The van der Waals surface area contributed by atoms with Crippen LogP contribution in [0.3, 0.4) is 0 Å². The summed E-state index contributed by atoms with van der Waals surface area (Å²) in [5.74, 6) is -0.814. The van der Waals surface area contributed by atoms with Gasteiger partial charge in [-0.3, -0.25) is 18.6 Å². The Labute approximate surface area is 377 Å². The van der Waals surface area contributed by atoms with Gasteiger partial charge in [0.25, 0.3) is 0 Å². The van der Waals surface area contributed by atoms with E-state index in [1.165, 1.54) is 205 Å². The molecule has 2 atom stereocenters. The van der Waals surface area contributed by atoms with Gasteiger partial charge >= 0.3 is 19.8 Å². The lowest BCUT2D eigenvalue weighted by molar-refractivity contribution is -0.161. The fourth-order valence-corrected chi connectivity index (χ4v) is 8.52. The van der Waals surface area contributed by atoms with Gasteiger partial charge in [0.2, 0.25) is 0 Å². The zero-order valence-corrected chi connectivity index (χ0v) is 41.1. The smallest absolute Gasteiger partial charge is 0.462 e. The molecule has 0 aromatic heterocycles. The molecular formula is C51H100NO8P. The number of hydrogen-bond donors (Lipinski definition) is 2. The summed E-state index contributed by atoms with van der Waals surface area (Å²) in [5, 5.41) is 0. The van der Waals surface area contributed by atoms with Crippen molar-refractivity contribution in [2.75, 3.05) is 26.4 Å². The monoisotopic (exact) mass is 886 g/mol. The van der Waals surface area contributed by atoms with Crippen LogP contribution in [0.5, 0.6) is 0 Å². The van der Waals surface area contributed by atoms with Crippen molar-refractivity contribution in [2.45, 2.75) is 277 Å². The Balaban J connectivity index is 3.98. The highest BCUT2D eigenvalue weighted by molar-refractivity contribution is 7.47. The summed E-state index contributed by atoms with van der Waals surface area (Å²) in [6.45, 7) is 3.78. The van der Waals surface area contributed by atoms with E-state index in [0.717, 1.165) is 32.1 Å². The minimum absolute atomic E-state index is 0.0565. The molecule has 0 fully saturated rings. The van der Waals surface area contributed by atoms with E-state index >= 15 is 0 Å². The van der Waals surface area contributed by atoms with E-state index in [0.29, 0.717) is 6.42 Å². The van der Waals surface area contributed by atoms with Gasteiger partial charge < -0.3 is 20.1 Å². The van der Waals surface area contributed by atoms with Crippen LogP contribution >= 0.6 is 7.82 Å². The summed E-state index contributed by atoms with van der Waals surface area (Å²) in [5.41, 5.74) is 5.37. The fraction of sp³-hybridized carbons (Fsp3) is 0.922. The Morgan fingerprint density at radius 1 is 0.475 bits per heavy atom. The van der Waals surface area contributed by atoms with Gasteiger partial charge in [-0.15, -0.1) is 0 Å². The second-order valence-electron chi connectivity index (χ2n) is 17.8. The molecule has 0 heterocycles. The number of rotatable bonds is 50. The summed E-state index contributed by atoms with van der Waals surface area (Å²) in [6.07, 6.45) is 52.5. The van der Waals surface area contributed by atoms with Crippen molar-refractivity contribution >= 4 is 19.8 Å². The van der Waals surface area contributed by atoms with Crippen LogP contribution in [0, 0.1) is 0 Å². The van der Waals surface area contributed by atoms with Crippen LogP contribution < -0.4 is 5.73 Å². The van der Waals surface area contributed by atoms with Crippen LogP contribution in [0.25, 0.3) is 0 Å². The third-order valence-electron chi connectivity index (χ3n) is 11.7. The number of carbonyl (C=O) groups is 2. The highest BCUT2D eigenvalue weighted by Gasteiger charge is 2.26. The summed E-state index contributed by atoms with van der Waals surface area (Å²) >= 11 is 0. The number of ether oxygens (including phenoxy) is 2. The van der Waals surface area contributed by atoms with Gasteiger partial charge in [-0.25, -0.2) is 4.57 Å². The van der Waals surface area contributed by atoms with Gasteiger partial charge in [-0.05, 0) is 38.5 Å². The molecule has 0 aliphatic carbocycles. The first kappa shape index (κ1) is 59.8. The van der Waals surface area contributed by atoms with Crippen molar-refractivity contribution in [3.05, 3.63) is 12.2 Å². The molecule has 0 aliphatic heterocycles. The Morgan fingerprint density at radius 2 is 0.803 bits per heavy atom. The number of carbonyl (C=O) groups excluding carboxylic acids is 2. The molecule has 0 aliphatic rings. The van der Waals surface area contributed by atoms with Crippen LogP contribution in [0.2, 0.25) is 0 Å². The Bertz CT molecular complexity index is 1010. The number of phosphoric acid groups is 1. The quantitative estimate of drug-likeness (QED) is 0.0265. The lowest BCUT2D eigenvalue weighted by atomic mass is 10.0. The van der Waals surface area contributed by atoms with Crippen molar-refractivity contribution in [1.29, 1.82) is 0 Å². The predicted molar refractivity (Wildman–Crippen MR) is 257 cm³/mol. The predicted octanol–water partition coefficient (Wildman–Crippen LogP) is 15.7. The first-order valence-electron chi connectivity index (χ1n) is 26.2. The van der Waals surface area contributed by atoms with E-state index in [4.69, 9.17) is 24.3 Å². The Morgan fingerprint density at radius 3 is 1.18 bits per heavy atom. The van der Waals surface area contributed by atoms with E-state index in [1.807, 2.05) is 0 Å². The van der Waals surface area contributed by atoms with E-state index < -0.39 is 26.5 Å². The Hall–Kier alpha value is -1.25. The Kier molecular flexibility index (Phi) is 47.2. The van der Waals surface area contributed by atoms with E-state index in [1.54, 1.807) is 0 Å².